The van der Waals surface area contributed by atoms with E-state index in [-0.39, 0.29) is 0 Å². The highest BCUT2D eigenvalue weighted by molar-refractivity contribution is 5.86. The normalized spacial score (nSPS) is 17.5. The van der Waals surface area contributed by atoms with Gasteiger partial charge in [-0.3, -0.25) is 0 Å². The molecule has 1 fully saturated rings. The van der Waals surface area contributed by atoms with Crippen LogP contribution >= 0.6 is 0 Å². The zero-order chi connectivity index (χ0) is 8.10. The fraction of sp³-hybridized carbons (Fsp3) is 0.667. The van der Waals surface area contributed by atoms with Crippen LogP contribution in [-0.2, 0) is 4.79 Å². The van der Waals surface area contributed by atoms with E-state index in [1.54, 1.807) is 0 Å². The van der Waals surface area contributed by atoms with Crippen molar-refractivity contribution in [2.45, 2.75) is 32.1 Å². The molecule has 2 heteroatoms. The van der Waals surface area contributed by atoms with Gasteiger partial charge >= 0.3 is 5.97 Å². The van der Waals surface area contributed by atoms with Crippen molar-refractivity contribution in [1.29, 1.82) is 0 Å². The van der Waals surface area contributed by atoms with Gasteiger partial charge in [0, 0.05) is 12.3 Å². The molecule has 1 saturated carbocycles. The smallest absolute Gasteiger partial charge is 0.381 e. The third kappa shape index (κ3) is 3.08. The highest BCUT2D eigenvalue weighted by Crippen LogP contribution is 2.26. The summed E-state index contributed by atoms with van der Waals surface area (Å²) in [7, 11) is 0. The zero-order valence-corrected chi connectivity index (χ0v) is 6.47. The van der Waals surface area contributed by atoms with Gasteiger partial charge in [0.05, 0.1) is 0 Å². The molecule has 0 saturated heterocycles. The highest BCUT2D eigenvalue weighted by atomic mass is 16.4. The van der Waals surface area contributed by atoms with Gasteiger partial charge in [0.2, 0.25) is 0 Å². The summed E-state index contributed by atoms with van der Waals surface area (Å²) in [6, 6.07) is 0. The maximum atomic E-state index is 10.00. The molecule has 0 unspecified atom stereocenters. The lowest BCUT2D eigenvalue weighted by Gasteiger charge is -1.99. The Morgan fingerprint density at radius 3 is 2.64 bits per heavy atom. The van der Waals surface area contributed by atoms with Crippen molar-refractivity contribution in [2.75, 3.05) is 0 Å². The van der Waals surface area contributed by atoms with Gasteiger partial charge in [0.25, 0.3) is 0 Å². The molecule has 0 aromatic heterocycles. The van der Waals surface area contributed by atoms with Crippen molar-refractivity contribution in [3.05, 3.63) is 0 Å². The Morgan fingerprint density at radius 2 is 2.09 bits per heavy atom. The minimum atomic E-state index is -1.01. The second kappa shape index (κ2) is 4.02. The van der Waals surface area contributed by atoms with Crippen LogP contribution < -0.4 is 0 Å². The molecule has 2 nitrogen and oxygen atoms in total. The monoisotopic (exact) mass is 152 g/mol. The summed E-state index contributed by atoms with van der Waals surface area (Å²) in [5.74, 6) is 4.47. The molecule has 0 heterocycles. The molecule has 0 atom stereocenters. The van der Waals surface area contributed by atoms with Crippen LogP contribution in [0.25, 0.3) is 0 Å². The number of rotatable bonds is 1. The van der Waals surface area contributed by atoms with Crippen LogP contribution in [-0.4, -0.2) is 11.1 Å². The molecule has 1 aliphatic rings. The zero-order valence-electron chi connectivity index (χ0n) is 6.47. The van der Waals surface area contributed by atoms with Gasteiger partial charge in [-0.15, -0.1) is 0 Å². The van der Waals surface area contributed by atoms with Gasteiger partial charge in [-0.2, -0.15) is 0 Å². The lowest BCUT2D eigenvalue weighted by Crippen LogP contribution is -1.92. The third-order valence-electron chi connectivity index (χ3n) is 2.06. The molecule has 1 rings (SSSR count). The van der Waals surface area contributed by atoms with Gasteiger partial charge < -0.3 is 5.11 Å². The molecular weight excluding hydrogens is 140 g/mol. The number of hydrogen-bond acceptors (Lipinski definition) is 1. The van der Waals surface area contributed by atoms with Crippen molar-refractivity contribution >= 4 is 5.97 Å². The molecular formula is C9H12O2. The summed E-state index contributed by atoms with van der Waals surface area (Å²) in [6.45, 7) is 0. The van der Waals surface area contributed by atoms with Crippen LogP contribution in [0.2, 0.25) is 0 Å². The van der Waals surface area contributed by atoms with E-state index < -0.39 is 5.97 Å². The molecule has 0 amide bonds. The first kappa shape index (κ1) is 8.13. The Balaban J connectivity index is 2.22. The third-order valence-corrected chi connectivity index (χ3v) is 2.06. The van der Waals surface area contributed by atoms with Gasteiger partial charge in [0.1, 0.15) is 0 Å². The average molecular weight is 152 g/mol. The summed E-state index contributed by atoms with van der Waals surface area (Å²) >= 11 is 0. The van der Waals surface area contributed by atoms with E-state index >= 15 is 0 Å². The van der Waals surface area contributed by atoms with Crippen molar-refractivity contribution in [3.8, 4) is 11.8 Å². The minimum absolute atomic E-state index is 0.668. The number of aliphatic carboxylic acids is 1. The summed E-state index contributed by atoms with van der Waals surface area (Å²) in [5, 5.41) is 8.21. The Hall–Kier alpha value is -0.970. The second-order valence-corrected chi connectivity index (χ2v) is 2.96. The minimum Gasteiger partial charge on any atom is -0.472 e. The van der Waals surface area contributed by atoms with E-state index in [0.29, 0.717) is 5.92 Å². The molecule has 1 aliphatic carbocycles. The summed E-state index contributed by atoms with van der Waals surface area (Å²) in [6.07, 6.45) is 5.81. The van der Waals surface area contributed by atoms with E-state index in [1.165, 1.54) is 25.7 Å². The molecule has 0 bridgehead atoms. The van der Waals surface area contributed by atoms with Crippen LogP contribution in [0, 0.1) is 17.8 Å². The van der Waals surface area contributed by atoms with Gasteiger partial charge in [0.15, 0.2) is 0 Å². The van der Waals surface area contributed by atoms with Crippen molar-refractivity contribution < 1.29 is 9.90 Å². The fourth-order valence-electron chi connectivity index (χ4n) is 1.49. The maximum Gasteiger partial charge on any atom is 0.381 e. The molecule has 0 spiro atoms. The van der Waals surface area contributed by atoms with E-state index in [4.69, 9.17) is 5.11 Å². The highest BCUT2D eigenvalue weighted by Gasteiger charge is 2.12. The second-order valence-electron chi connectivity index (χ2n) is 2.96. The Morgan fingerprint density at radius 1 is 1.45 bits per heavy atom. The maximum absolute atomic E-state index is 10.00. The molecule has 0 aromatic carbocycles. The Bertz CT molecular complexity index is 191. The van der Waals surface area contributed by atoms with E-state index in [0.717, 1.165) is 6.42 Å². The lowest BCUT2D eigenvalue weighted by atomic mass is 10.1. The van der Waals surface area contributed by atoms with E-state index in [9.17, 15) is 4.79 Å². The largest absolute Gasteiger partial charge is 0.472 e. The van der Waals surface area contributed by atoms with Crippen LogP contribution in [0.5, 0.6) is 0 Å². The average Bonchev–Trinajstić information content (AvgIpc) is 2.39. The van der Waals surface area contributed by atoms with Gasteiger partial charge in [-0.05, 0) is 18.8 Å². The molecule has 0 aliphatic heterocycles. The SMILES string of the molecule is O=C(O)C#CCC1CCCC1. The first-order valence-corrected chi connectivity index (χ1v) is 4.01. The van der Waals surface area contributed by atoms with Gasteiger partial charge in [-0.1, -0.05) is 18.8 Å². The number of carboxylic acid groups (broad SMARTS) is 1. The topological polar surface area (TPSA) is 37.3 Å². The number of carboxylic acids is 1. The van der Waals surface area contributed by atoms with Crippen molar-refractivity contribution in [1.82, 2.24) is 0 Å². The molecule has 60 valence electrons. The standard InChI is InChI=1S/C9H12O2/c10-9(11)7-3-6-8-4-1-2-5-8/h8H,1-2,4-6H2,(H,10,11). The first-order valence-electron chi connectivity index (χ1n) is 4.01. The fourth-order valence-corrected chi connectivity index (χ4v) is 1.49. The predicted molar refractivity (Wildman–Crippen MR) is 42.0 cm³/mol. The Labute approximate surface area is 66.6 Å². The van der Waals surface area contributed by atoms with Crippen LogP contribution in [0.15, 0.2) is 0 Å². The number of hydrogen-bond donors (Lipinski definition) is 1. The van der Waals surface area contributed by atoms with Crippen LogP contribution in [0.1, 0.15) is 32.1 Å². The first-order chi connectivity index (χ1) is 5.29. The summed E-state index contributed by atoms with van der Waals surface area (Å²) < 4.78 is 0. The molecule has 1 N–H and O–H groups in total. The summed E-state index contributed by atoms with van der Waals surface area (Å²) in [5.41, 5.74) is 0. The van der Waals surface area contributed by atoms with E-state index in [1.807, 2.05) is 0 Å². The Kier molecular flexibility index (Phi) is 2.97. The lowest BCUT2D eigenvalue weighted by molar-refractivity contribution is -0.130. The molecule has 0 radical (unpaired) electrons. The molecule has 11 heavy (non-hydrogen) atoms. The van der Waals surface area contributed by atoms with Crippen LogP contribution in [0.4, 0.5) is 0 Å². The predicted octanol–water partition coefficient (Wildman–Crippen LogP) is 1.65. The summed E-state index contributed by atoms with van der Waals surface area (Å²) in [4.78, 5) is 10.00. The van der Waals surface area contributed by atoms with Crippen LogP contribution in [0.3, 0.4) is 0 Å². The van der Waals surface area contributed by atoms with Gasteiger partial charge in [-0.25, -0.2) is 4.79 Å². The van der Waals surface area contributed by atoms with E-state index in [2.05, 4.69) is 11.8 Å². The van der Waals surface area contributed by atoms with Crippen molar-refractivity contribution in [2.24, 2.45) is 5.92 Å². The van der Waals surface area contributed by atoms with Crippen molar-refractivity contribution in [3.63, 3.8) is 0 Å². The quantitative estimate of drug-likeness (QED) is 0.580. The molecule has 0 aromatic rings. The number of carbonyl (C=O) groups is 1.